The molecule has 0 bridgehead atoms. The van der Waals surface area contributed by atoms with Crippen molar-refractivity contribution >= 4 is 11.3 Å². The first-order chi connectivity index (χ1) is 9.31. The summed E-state index contributed by atoms with van der Waals surface area (Å²) < 4.78 is 2.15. The molecule has 1 saturated heterocycles. The van der Waals surface area contributed by atoms with E-state index in [1.807, 2.05) is 23.7 Å². The molecule has 0 N–H and O–H groups in total. The van der Waals surface area contributed by atoms with Crippen molar-refractivity contribution in [3.05, 3.63) is 40.6 Å². The molecule has 102 valence electrons. The lowest BCUT2D eigenvalue weighted by Crippen LogP contribution is -2.35. The third-order valence-corrected chi connectivity index (χ3v) is 4.82. The van der Waals surface area contributed by atoms with E-state index in [-0.39, 0.29) is 0 Å². The second-order valence-corrected chi connectivity index (χ2v) is 6.51. The molecule has 4 heteroatoms. The number of nitrogens with zero attached hydrogens (tertiary/aromatic N) is 3. The van der Waals surface area contributed by atoms with E-state index in [0.29, 0.717) is 0 Å². The fourth-order valence-electron chi connectivity index (χ4n) is 2.94. The number of aryl methyl sites for hydroxylation is 1. The van der Waals surface area contributed by atoms with Crippen LogP contribution in [0.1, 0.15) is 23.5 Å². The number of rotatable bonds is 4. The van der Waals surface area contributed by atoms with Gasteiger partial charge in [0.2, 0.25) is 0 Å². The number of hydrogen-bond acceptors (Lipinski definition) is 3. The van der Waals surface area contributed by atoms with Crippen molar-refractivity contribution in [2.45, 2.75) is 25.8 Å². The summed E-state index contributed by atoms with van der Waals surface area (Å²) in [6.07, 6.45) is 7.72. The molecule has 2 aromatic rings. The lowest BCUT2D eigenvalue weighted by molar-refractivity contribution is 0.166. The Hall–Kier alpha value is -1.13. The molecule has 1 unspecified atom stereocenters. The van der Waals surface area contributed by atoms with Gasteiger partial charge in [-0.15, -0.1) is 11.3 Å². The standard InChI is InChI=1S/C15H21N3S/c1-17-8-6-16-15(17)10-13-4-2-7-18(11-13)12-14-5-3-9-19-14/h3,5-6,8-9,13H,2,4,7,10-12H2,1H3. The van der Waals surface area contributed by atoms with E-state index in [1.165, 1.54) is 36.6 Å². The van der Waals surface area contributed by atoms with Crippen LogP contribution in [-0.2, 0) is 20.0 Å². The highest BCUT2D eigenvalue weighted by Crippen LogP contribution is 2.22. The van der Waals surface area contributed by atoms with E-state index >= 15 is 0 Å². The van der Waals surface area contributed by atoms with Gasteiger partial charge in [0, 0.05) is 43.8 Å². The Kier molecular flexibility index (Phi) is 3.99. The summed E-state index contributed by atoms with van der Waals surface area (Å²) in [5, 5.41) is 2.17. The molecule has 2 aromatic heterocycles. The third-order valence-electron chi connectivity index (χ3n) is 3.95. The number of aromatic nitrogens is 2. The van der Waals surface area contributed by atoms with Crippen LogP contribution in [0.15, 0.2) is 29.9 Å². The summed E-state index contributed by atoms with van der Waals surface area (Å²) in [4.78, 5) is 8.54. The van der Waals surface area contributed by atoms with Crippen LogP contribution in [0.2, 0.25) is 0 Å². The molecular weight excluding hydrogens is 254 g/mol. The summed E-state index contributed by atoms with van der Waals surface area (Å²) in [6.45, 7) is 3.58. The quantitative estimate of drug-likeness (QED) is 0.855. The van der Waals surface area contributed by atoms with Gasteiger partial charge < -0.3 is 4.57 Å². The van der Waals surface area contributed by atoms with Crippen LogP contribution in [0.5, 0.6) is 0 Å². The Morgan fingerprint density at radius 2 is 2.42 bits per heavy atom. The zero-order valence-electron chi connectivity index (χ0n) is 11.5. The first-order valence-corrected chi connectivity index (χ1v) is 7.90. The highest BCUT2D eigenvalue weighted by atomic mass is 32.1. The van der Waals surface area contributed by atoms with Crippen molar-refractivity contribution in [2.75, 3.05) is 13.1 Å². The van der Waals surface area contributed by atoms with E-state index in [9.17, 15) is 0 Å². The molecule has 0 radical (unpaired) electrons. The molecule has 0 saturated carbocycles. The van der Waals surface area contributed by atoms with Crippen LogP contribution in [-0.4, -0.2) is 27.5 Å². The van der Waals surface area contributed by atoms with E-state index in [2.05, 4.69) is 39.0 Å². The predicted octanol–water partition coefficient (Wildman–Crippen LogP) is 2.94. The van der Waals surface area contributed by atoms with Gasteiger partial charge in [-0.3, -0.25) is 4.90 Å². The fraction of sp³-hybridized carbons (Fsp3) is 0.533. The van der Waals surface area contributed by atoms with Crippen LogP contribution in [0.25, 0.3) is 0 Å². The van der Waals surface area contributed by atoms with Crippen molar-refractivity contribution in [2.24, 2.45) is 13.0 Å². The fourth-order valence-corrected chi connectivity index (χ4v) is 3.68. The largest absolute Gasteiger partial charge is 0.338 e. The summed E-state index contributed by atoms with van der Waals surface area (Å²) in [5.41, 5.74) is 0. The molecule has 3 rings (SSSR count). The minimum atomic E-state index is 0.759. The molecule has 1 aliphatic rings. The first-order valence-electron chi connectivity index (χ1n) is 7.02. The van der Waals surface area contributed by atoms with Crippen molar-refractivity contribution in [3.8, 4) is 0 Å². The van der Waals surface area contributed by atoms with Crippen molar-refractivity contribution in [1.82, 2.24) is 14.5 Å². The van der Waals surface area contributed by atoms with Crippen LogP contribution >= 0.6 is 11.3 Å². The molecule has 1 fully saturated rings. The molecule has 0 aromatic carbocycles. The topological polar surface area (TPSA) is 21.1 Å². The summed E-state index contributed by atoms with van der Waals surface area (Å²) in [6, 6.07) is 4.39. The molecule has 3 heterocycles. The number of imidazole rings is 1. The molecule has 1 atom stereocenters. The van der Waals surface area contributed by atoms with Crippen molar-refractivity contribution in [3.63, 3.8) is 0 Å². The van der Waals surface area contributed by atoms with Gasteiger partial charge in [0.1, 0.15) is 5.82 Å². The zero-order chi connectivity index (χ0) is 13.1. The molecule has 3 nitrogen and oxygen atoms in total. The van der Waals surface area contributed by atoms with Gasteiger partial charge >= 0.3 is 0 Å². The number of thiophene rings is 1. The summed E-state index contributed by atoms with van der Waals surface area (Å²) >= 11 is 1.87. The Morgan fingerprint density at radius 1 is 1.47 bits per heavy atom. The lowest BCUT2D eigenvalue weighted by atomic mass is 9.94. The average molecular weight is 275 g/mol. The van der Waals surface area contributed by atoms with Crippen LogP contribution in [0, 0.1) is 5.92 Å². The minimum Gasteiger partial charge on any atom is -0.338 e. The molecule has 1 aliphatic heterocycles. The zero-order valence-corrected chi connectivity index (χ0v) is 12.3. The highest BCUT2D eigenvalue weighted by molar-refractivity contribution is 7.09. The minimum absolute atomic E-state index is 0.759. The average Bonchev–Trinajstić information content (AvgIpc) is 3.03. The second-order valence-electron chi connectivity index (χ2n) is 5.48. The second kappa shape index (κ2) is 5.88. The number of likely N-dealkylation sites (tertiary alicyclic amines) is 1. The van der Waals surface area contributed by atoms with Crippen molar-refractivity contribution in [1.29, 1.82) is 0 Å². The smallest absolute Gasteiger partial charge is 0.108 e. The summed E-state index contributed by atoms with van der Waals surface area (Å²) in [5.74, 6) is 1.98. The van der Waals surface area contributed by atoms with Crippen LogP contribution in [0.4, 0.5) is 0 Å². The summed E-state index contributed by atoms with van der Waals surface area (Å²) in [7, 11) is 2.09. The number of hydrogen-bond donors (Lipinski definition) is 0. The Labute approximate surface area is 118 Å². The van der Waals surface area contributed by atoms with E-state index in [1.54, 1.807) is 0 Å². The highest BCUT2D eigenvalue weighted by Gasteiger charge is 2.21. The number of piperidine rings is 1. The van der Waals surface area contributed by atoms with Gasteiger partial charge in [0.05, 0.1) is 0 Å². The molecule has 19 heavy (non-hydrogen) atoms. The SMILES string of the molecule is Cn1ccnc1CC1CCCN(Cc2cccs2)C1. The molecular formula is C15H21N3S. The molecule has 0 spiro atoms. The Morgan fingerprint density at radius 3 is 3.16 bits per heavy atom. The monoisotopic (exact) mass is 275 g/mol. The Balaban J connectivity index is 1.57. The predicted molar refractivity (Wildman–Crippen MR) is 79.2 cm³/mol. The van der Waals surface area contributed by atoms with Gasteiger partial charge in [-0.2, -0.15) is 0 Å². The van der Waals surface area contributed by atoms with Gasteiger partial charge in [-0.05, 0) is 36.8 Å². The maximum absolute atomic E-state index is 4.46. The molecule has 0 aliphatic carbocycles. The Bertz CT molecular complexity index is 503. The van der Waals surface area contributed by atoms with E-state index in [4.69, 9.17) is 0 Å². The van der Waals surface area contributed by atoms with Crippen LogP contribution in [0.3, 0.4) is 0 Å². The van der Waals surface area contributed by atoms with Crippen LogP contribution < -0.4 is 0 Å². The van der Waals surface area contributed by atoms with E-state index < -0.39 is 0 Å². The maximum atomic E-state index is 4.46. The third kappa shape index (κ3) is 3.25. The first kappa shape index (κ1) is 12.9. The van der Waals surface area contributed by atoms with Gasteiger partial charge in [-0.25, -0.2) is 4.98 Å². The van der Waals surface area contributed by atoms with E-state index in [0.717, 1.165) is 18.9 Å². The van der Waals surface area contributed by atoms with Gasteiger partial charge in [-0.1, -0.05) is 6.07 Å². The molecule has 0 amide bonds. The van der Waals surface area contributed by atoms with Gasteiger partial charge in [0.25, 0.3) is 0 Å². The van der Waals surface area contributed by atoms with Gasteiger partial charge in [0.15, 0.2) is 0 Å². The van der Waals surface area contributed by atoms with Crippen molar-refractivity contribution < 1.29 is 0 Å². The maximum Gasteiger partial charge on any atom is 0.108 e. The lowest BCUT2D eigenvalue weighted by Gasteiger charge is -2.32. The normalized spacial score (nSPS) is 20.8.